The standard InChI is InChI=1S/C12H16N2O.ClH/c1-8(15)14-12-4-2-3-9-7-10(13)5-6-11(9)12;/h5-7,12H,2-4,13H2,1H3,(H,14,15);1H. The normalized spacial score (nSPS) is 18.2. The van der Waals surface area contributed by atoms with Gasteiger partial charge in [-0.15, -0.1) is 12.4 Å². The van der Waals surface area contributed by atoms with Crippen LogP contribution in [-0.4, -0.2) is 5.91 Å². The molecule has 4 heteroatoms. The molecule has 0 radical (unpaired) electrons. The molecule has 0 aliphatic heterocycles. The third-order valence-corrected chi connectivity index (χ3v) is 2.86. The molecule has 1 aromatic rings. The van der Waals surface area contributed by atoms with E-state index in [0.29, 0.717) is 0 Å². The molecule has 0 saturated heterocycles. The minimum Gasteiger partial charge on any atom is -0.399 e. The van der Waals surface area contributed by atoms with Gasteiger partial charge >= 0.3 is 0 Å². The lowest BCUT2D eigenvalue weighted by Gasteiger charge is -2.26. The van der Waals surface area contributed by atoms with Crippen LogP contribution in [-0.2, 0) is 11.2 Å². The first kappa shape index (κ1) is 12.8. The molecule has 0 bridgehead atoms. The first-order valence-electron chi connectivity index (χ1n) is 5.32. The van der Waals surface area contributed by atoms with Gasteiger partial charge in [-0.25, -0.2) is 0 Å². The lowest BCUT2D eigenvalue weighted by Crippen LogP contribution is -2.28. The van der Waals surface area contributed by atoms with Crippen LogP contribution in [0.1, 0.15) is 36.9 Å². The molecule has 0 fully saturated rings. The van der Waals surface area contributed by atoms with E-state index in [9.17, 15) is 4.79 Å². The zero-order valence-electron chi connectivity index (χ0n) is 9.32. The Bertz CT molecular complexity index is 393. The maximum atomic E-state index is 11.1. The van der Waals surface area contributed by atoms with Gasteiger partial charge in [0.1, 0.15) is 0 Å². The highest BCUT2D eigenvalue weighted by Crippen LogP contribution is 2.30. The minimum absolute atomic E-state index is 0. The summed E-state index contributed by atoms with van der Waals surface area (Å²) in [5.41, 5.74) is 9.05. The zero-order chi connectivity index (χ0) is 10.8. The van der Waals surface area contributed by atoms with Gasteiger partial charge < -0.3 is 11.1 Å². The van der Waals surface area contributed by atoms with Crippen molar-refractivity contribution in [3.05, 3.63) is 29.3 Å². The molecule has 16 heavy (non-hydrogen) atoms. The molecule has 1 atom stereocenters. The van der Waals surface area contributed by atoms with E-state index in [2.05, 4.69) is 5.32 Å². The third-order valence-electron chi connectivity index (χ3n) is 2.86. The Hall–Kier alpha value is -1.22. The largest absolute Gasteiger partial charge is 0.399 e. The van der Waals surface area contributed by atoms with Crippen molar-refractivity contribution in [1.29, 1.82) is 0 Å². The van der Waals surface area contributed by atoms with E-state index in [4.69, 9.17) is 5.73 Å². The zero-order valence-corrected chi connectivity index (χ0v) is 10.1. The highest BCUT2D eigenvalue weighted by molar-refractivity contribution is 5.85. The van der Waals surface area contributed by atoms with Crippen LogP contribution in [0.15, 0.2) is 18.2 Å². The Balaban J connectivity index is 0.00000128. The van der Waals surface area contributed by atoms with Crippen LogP contribution in [0.25, 0.3) is 0 Å². The molecule has 1 unspecified atom stereocenters. The molecule has 0 saturated carbocycles. The molecule has 0 heterocycles. The maximum absolute atomic E-state index is 11.1. The van der Waals surface area contributed by atoms with Gasteiger partial charge in [0.15, 0.2) is 0 Å². The summed E-state index contributed by atoms with van der Waals surface area (Å²) in [5, 5.41) is 2.98. The van der Waals surface area contributed by atoms with Crippen molar-refractivity contribution in [3.8, 4) is 0 Å². The number of hydrogen-bond donors (Lipinski definition) is 2. The number of halogens is 1. The second-order valence-corrected chi connectivity index (χ2v) is 4.10. The van der Waals surface area contributed by atoms with Crippen molar-refractivity contribution < 1.29 is 4.79 Å². The van der Waals surface area contributed by atoms with E-state index in [1.165, 1.54) is 11.1 Å². The minimum atomic E-state index is 0. The van der Waals surface area contributed by atoms with E-state index in [-0.39, 0.29) is 24.4 Å². The number of benzene rings is 1. The Labute approximate surface area is 102 Å². The molecule has 1 aromatic carbocycles. The Kier molecular flexibility index (Phi) is 4.19. The van der Waals surface area contributed by atoms with Crippen LogP contribution in [0, 0.1) is 0 Å². The van der Waals surface area contributed by atoms with E-state index >= 15 is 0 Å². The second-order valence-electron chi connectivity index (χ2n) is 4.10. The highest BCUT2D eigenvalue weighted by atomic mass is 35.5. The number of anilines is 1. The average molecular weight is 241 g/mol. The van der Waals surface area contributed by atoms with E-state index in [1.807, 2.05) is 18.2 Å². The van der Waals surface area contributed by atoms with Crippen molar-refractivity contribution in [1.82, 2.24) is 5.32 Å². The number of rotatable bonds is 1. The molecule has 1 aliphatic carbocycles. The summed E-state index contributed by atoms with van der Waals surface area (Å²) in [6, 6.07) is 6.12. The molecule has 88 valence electrons. The summed E-state index contributed by atoms with van der Waals surface area (Å²) in [5.74, 6) is 0.0321. The predicted molar refractivity (Wildman–Crippen MR) is 67.6 cm³/mol. The molecular formula is C12H17ClN2O. The number of amides is 1. The number of aryl methyl sites for hydroxylation is 1. The molecular weight excluding hydrogens is 224 g/mol. The first-order chi connectivity index (χ1) is 7.16. The number of hydrogen-bond acceptors (Lipinski definition) is 2. The quantitative estimate of drug-likeness (QED) is 0.740. The van der Waals surface area contributed by atoms with Crippen LogP contribution >= 0.6 is 12.4 Å². The van der Waals surface area contributed by atoms with Gasteiger partial charge in [0.25, 0.3) is 0 Å². The number of nitrogen functional groups attached to an aromatic ring is 1. The van der Waals surface area contributed by atoms with E-state index in [0.717, 1.165) is 24.9 Å². The second kappa shape index (κ2) is 5.21. The molecule has 0 spiro atoms. The highest BCUT2D eigenvalue weighted by Gasteiger charge is 2.20. The summed E-state index contributed by atoms with van der Waals surface area (Å²) in [6.45, 7) is 1.56. The van der Waals surface area contributed by atoms with Gasteiger partial charge in [0.05, 0.1) is 6.04 Å². The van der Waals surface area contributed by atoms with Crippen LogP contribution < -0.4 is 11.1 Å². The van der Waals surface area contributed by atoms with Crippen LogP contribution in [0.5, 0.6) is 0 Å². The summed E-state index contributed by atoms with van der Waals surface area (Å²) >= 11 is 0. The topological polar surface area (TPSA) is 55.1 Å². The van der Waals surface area contributed by atoms with Crippen molar-refractivity contribution >= 4 is 24.0 Å². The Morgan fingerprint density at radius 2 is 2.25 bits per heavy atom. The fourth-order valence-electron chi connectivity index (χ4n) is 2.23. The van der Waals surface area contributed by atoms with Crippen molar-refractivity contribution in [2.24, 2.45) is 0 Å². The van der Waals surface area contributed by atoms with Gasteiger partial charge in [-0.1, -0.05) is 6.07 Å². The van der Waals surface area contributed by atoms with Crippen LogP contribution in [0.4, 0.5) is 5.69 Å². The molecule has 3 N–H and O–H groups in total. The lowest BCUT2D eigenvalue weighted by molar-refractivity contribution is -0.119. The summed E-state index contributed by atoms with van der Waals surface area (Å²) in [6.07, 6.45) is 3.20. The predicted octanol–water partition coefficient (Wildman–Crippen LogP) is 2.20. The number of fused-ring (bicyclic) bond motifs is 1. The molecule has 1 aliphatic rings. The number of carbonyl (C=O) groups excluding carboxylic acids is 1. The average Bonchev–Trinajstić information content (AvgIpc) is 2.16. The third kappa shape index (κ3) is 2.67. The van der Waals surface area contributed by atoms with Crippen molar-refractivity contribution in [2.45, 2.75) is 32.2 Å². The van der Waals surface area contributed by atoms with Crippen LogP contribution in [0.3, 0.4) is 0 Å². The van der Waals surface area contributed by atoms with Crippen molar-refractivity contribution in [3.63, 3.8) is 0 Å². The first-order valence-corrected chi connectivity index (χ1v) is 5.32. The Morgan fingerprint density at radius 3 is 2.94 bits per heavy atom. The molecule has 0 aromatic heterocycles. The van der Waals surface area contributed by atoms with E-state index in [1.54, 1.807) is 6.92 Å². The van der Waals surface area contributed by atoms with Gasteiger partial charge in [-0.05, 0) is 42.5 Å². The SMILES string of the molecule is CC(=O)NC1CCCc2cc(N)ccc21.Cl. The maximum Gasteiger partial charge on any atom is 0.217 e. The van der Waals surface area contributed by atoms with Crippen LogP contribution in [0.2, 0.25) is 0 Å². The van der Waals surface area contributed by atoms with E-state index < -0.39 is 0 Å². The lowest BCUT2D eigenvalue weighted by atomic mass is 9.87. The Morgan fingerprint density at radius 1 is 1.50 bits per heavy atom. The number of nitrogens with two attached hydrogens (primary N) is 1. The summed E-state index contributed by atoms with van der Waals surface area (Å²) < 4.78 is 0. The smallest absolute Gasteiger partial charge is 0.217 e. The van der Waals surface area contributed by atoms with Gasteiger partial charge in [0, 0.05) is 12.6 Å². The fourth-order valence-corrected chi connectivity index (χ4v) is 2.23. The van der Waals surface area contributed by atoms with Gasteiger partial charge in [-0.2, -0.15) is 0 Å². The summed E-state index contributed by atoms with van der Waals surface area (Å²) in [4.78, 5) is 11.1. The monoisotopic (exact) mass is 240 g/mol. The van der Waals surface area contributed by atoms with Crippen molar-refractivity contribution in [2.75, 3.05) is 5.73 Å². The number of carbonyl (C=O) groups is 1. The fraction of sp³-hybridized carbons (Fsp3) is 0.417. The van der Waals surface area contributed by atoms with Gasteiger partial charge in [-0.3, -0.25) is 4.79 Å². The summed E-state index contributed by atoms with van der Waals surface area (Å²) in [7, 11) is 0. The van der Waals surface area contributed by atoms with Gasteiger partial charge in [0.2, 0.25) is 5.91 Å². The number of nitrogens with one attached hydrogen (secondary N) is 1. The molecule has 3 nitrogen and oxygen atoms in total. The molecule has 1 amide bonds. The molecule has 2 rings (SSSR count).